The normalized spacial score (nSPS) is 16.6. The summed E-state index contributed by atoms with van der Waals surface area (Å²) in [5.74, 6) is -0.442. The van der Waals surface area contributed by atoms with E-state index < -0.39 is 0 Å². The van der Waals surface area contributed by atoms with E-state index in [1.165, 1.54) is 18.9 Å². The van der Waals surface area contributed by atoms with E-state index in [2.05, 4.69) is 32.6 Å². The van der Waals surface area contributed by atoms with Gasteiger partial charge in [-0.3, -0.25) is 14.6 Å². The number of amides is 1. The molecule has 6 nitrogen and oxygen atoms in total. The SMILES string of the molecule is COC(=O)c1ccc(/C=C2/SC(=Nc3ccccc3)N(CCN(C(C)C)C(C)C)C2=O)cc1. The molecule has 0 saturated carbocycles. The first-order valence-corrected chi connectivity index (χ1v) is 11.9. The molecule has 0 bridgehead atoms. The first kappa shape index (κ1) is 24.7. The fourth-order valence-corrected chi connectivity index (χ4v) is 4.74. The Kier molecular flexibility index (Phi) is 8.47. The molecule has 2 aromatic rings. The number of esters is 1. The molecule has 1 saturated heterocycles. The lowest BCUT2D eigenvalue weighted by atomic mass is 10.1. The molecule has 1 aliphatic rings. The van der Waals surface area contributed by atoms with Gasteiger partial charge in [0, 0.05) is 25.2 Å². The highest BCUT2D eigenvalue weighted by Gasteiger charge is 2.34. The average molecular weight is 466 g/mol. The predicted molar refractivity (Wildman–Crippen MR) is 136 cm³/mol. The minimum absolute atomic E-state index is 0.0563. The van der Waals surface area contributed by atoms with Crippen LogP contribution >= 0.6 is 11.8 Å². The van der Waals surface area contributed by atoms with Crippen molar-refractivity contribution in [2.75, 3.05) is 20.2 Å². The average Bonchev–Trinajstić information content (AvgIpc) is 3.08. The first-order valence-electron chi connectivity index (χ1n) is 11.1. The second-order valence-corrected chi connectivity index (χ2v) is 9.35. The Hall–Kier alpha value is -2.90. The lowest BCUT2D eigenvalue weighted by molar-refractivity contribution is -0.122. The third-order valence-corrected chi connectivity index (χ3v) is 6.41. The van der Waals surface area contributed by atoms with Gasteiger partial charge in [0.2, 0.25) is 0 Å². The number of nitrogens with zero attached hydrogens (tertiary/aromatic N) is 3. The molecule has 0 unspecified atom stereocenters. The molecule has 1 amide bonds. The van der Waals surface area contributed by atoms with Crippen molar-refractivity contribution in [2.45, 2.75) is 39.8 Å². The molecule has 3 rings (SSSR count). The van der Waals surface area contributed by atoms with E-state index in [1.807, 2.05) is 48.5 Å². The number of hydrogen-bond acceptors (Lipinski definition) is 6. The highest BCUT2D eigenvalue weighted by atomic mass is 32.2. The lowest BCUT2D eigenvalue weighted by Crippen LogP contribution is -2.43. The Morgan fingerprint density at radius 1 is 1.06 bits per heavy atom. The smallest absolute Gasteiger partial charge is 0.337 e. The van der Waals surface area contributed by atoms with Crippen LogP contribution in [0.1, 0.15) is 43.6 Å². The van der Waals surface area contributed by atoms with E-state index in [0.717, 1.165) is 17.8 Å². The van der Waals surface area contributed by atoms with Crippen LogP contribution in [-0.2, 0) is 9.53 Å². The molecule has 33 heavy (non-hydrogen) atoms. The van der Waals surface area contributed by atoms with Gasteiger partial charge in [0.15, 0.2) is 5.17 Å². The number of amidine groups is 1. The van der Waals surface area contributed by atoms with Gasteiger partial charge < -0.3 is 4.74 Å². The van der Waals surface area contributed by atoms with Gasteiger partial charge in [-0.25, -0.2) is 9.79 Å². The topological polar surface area (TPSA) is 62.2 Å². The summed E-state index contributed by atoms with van der Waals surface area (Å²) in [6.07, 6.45) is 1.84. The maximum atomic E-state index is 13.3. The van der Waals surface area contributed by atoms with Crippen LogP contribution in [0.15, 0.2) is 64.5 Å². The van der Waals surface area contributed by atoms with Crippen molar-refractivity contribution in [1.29, 1.82) is 0 Å². The number of rotatable bonds is 8. The van der Waals surface area contributed by atoms with Crippen molar-refractivity contribution >= 4 is 40.6 Å². The molecule has 0 N–H and O–H groups in total. The highest BCUT2D eigenvalue weighted by molar-refractivity contribution is 8.18. The third kappa shape index (κ3) is 6.33. The third-order valence-electron chi connectivity index (χ3n) is 5.41. The summed E-state index contributed by atoms with van der Waals surface area (Å²) >= 11 is 1.38. The van der Waals surface area contributed by atoms with Crippen molar-refractivity contribution < 1.29 is 14.3 Å². The van der Waals surface area contributed by atoms with Crippen LogP contribution in [0.2, 0.25) is 0 Å². The molecule has 2 aromatic carbocycles. The lowest BCUT2D eigenvalue weighted by Gasteiger charge is -2.31. The van der Waals surface area contributed by atoms with Crippen molar-refractivity contribution in [3.05, 3.63) is 70.6 Å². The van der Waals surface area contributed by atoms with Gasteiger partial charge in [0.05, 0.1) is 23.3 Å². The fraction of sp³-hybridized carbons (Fsp3) is 0.346. The number of carbonyl (C=O) groups is 2. The number of benzene rings is 2. The van der Waals surface area contributed by atoms with Gasteiger partial charge >= 0.3 is 5.97 Å². The van der Waals surface area contributed by atoms with E-state index in [-0.39, 0.29) is 11.9 Å². The number of aliphatic imine (C=N–C) groups is 1. The quantitative estimate of drug-likeness (QED) is 0.396. The molecule has 174 valence electrons. The summed E-state index contributed by atoms with van der Waals surface area (Å²) in [5, 5.41) is 0.677. The van der Waals surface area contributed by atoms with Crippen LogP contribution in [0.25, 0.3) is 6.08 Å². The van der Waals surface area contributed by atoms with E-state index in [1.54, 1.807) is 17.0 Å². The summed E-state index contributed by atoms with van der Waals surface area (Å²) in [7, 11) is 1.36. The Morgan fingerprint density at radius 2 is 1.70 bits per heavy atom. The van der Waals surface area contributed by atoms with Crippen molar-refractivity contribution in [2.24, 2.45) is 4.99 Å². The fourth-order valence-electron chi connectivity index (χ4n) is 3.71. The van der Waals surface area contributed by atoms with Gasteiger partial charge in [-0.2, -0.15) is 0 Å². The van der Waals surface area contributed by atoms with Gasteiger partial charge in [-0.15, -0.1) is 0 Å². The molecule has 0 radical (unpaired) electrons. The van der Waals surface area contributed by atoms with Crippen LogP contribution in [0.3, 0.4) is 0 Å². The van der Waals surface area contributed by atoms with Crippen molar-refractivity contribution in [3.63, 3.8) is 0 Å². The number of carbonyl (C=O) groups excluding carboxylic acids is 2. The van der Waals surface area contributed by atoms with Gasteiger partial charge in [-0.1, -0.05) is 30.3 Å². The summed E-state index contributed by atoms with van der Waals surface area (Å²) < 4.78 is 4.75. The Bertz CT molecular complexity index is 1020. The molecule has 0 atom stereocenters. The Labute approximate surface area is 200 Å². The van der Waals surface area contributed by atoms with Gasteiger partial charge in [0.1, 0.15) is 0 Å². The maximum Gasteiger partial charge on any atom is 0.337 e. The number of methoxy groups -OCH3 is 1. The zero-order valence-electron chi connectivity index (χ0n) is 19.8. The summed E-state index contributed by atoms with van der Waals surface area (Å²) in [4.78, 5) is 34.5. The van der Waals surface area contributed by atoms with Crippen LogP contribution in [-0.4, -0.2) is 59.1 Å². The Morgan fingerprint density at radius 3 is 2.27 bits per heavy atom. The minimum atomic E-state index is -0.385. The number of thioether (sulfide) groups is 1. The zero-order chi connectivity index (χ0) is 24.0. The number of para-hydroxylation sites is 1. The number of hydrogen-bond donors (Lipinski definition) is 0. The van der Waals surface area contributed by atoms with E-state index in [4.69, 9.17) is 9.73 Å². The monoisotopic (exact) mass is 465 g/mol. The van der Waals surface area contributed by atoms with Crippen LogP contribution in [0.5, 0.6) is 0 Å². The van der Waals surface area contributed by atoms with Crippen molar-refractivity contribution in [1.82, 2.24) is 9.80 Å². The first-order chi connectivity index (χ1) is 15.8. The minimum Gasteiger partial charge on any atom is -0.465 e. The van der Waals surface area contributed by atoms with Crippen LogP contribution in [0.4, 0.5) is 5.69 Å². The molecule has 1 heterocycles. The standard InChI is InChI=1S/C26H31N3O3S/c1-18(2)28(19(3)4)15-16-29-24(30)23(33-26(29)27-22-9-7-6-8-10-22)17-20-11-13-21(14-12-20)25(31)32-5/h6-14,17-19H,15-16H2,1-5H3/b23-17+,27-26?. The van der Waals surface area contributed by atoms with Gasteiger partial charge in [0.25, 0.3) is 5.91 Å². The molecule has 0 aromatic heterocycles. The molecule has 0 spiro atoms. The maximum absolute atomic E-state index is 13.3. The molecular weight excluding hydrogens is 434 g/mol. The number of ether oxygens (including phenoxy) is 1. The second-order valence-electron chi connectivity index (χ2n) is 8.34. The molecule has 7 heteroatoms. The molecular formula is C26H31N3O3S. The zero-order valence-corrected chi connectivity index (χ0v) is 20.6. The predicted octanol–water partition coefficient (Wildman–Crippen LogP) is 5.20. The molecule has 1 aliphatic heterocycles. The Balaban J connectivity index is 1.88. The van der Waals surface area contributed by atoms with E-state index in [9.17, 15) is 9.59 Å². The van der Waals surface area contributed by atoms with Crippen LogP contribution < -0.4 is 0 Å². The molecule has 1 fully saturated rings. The second kappa shape index (κ2) is 11.3. The van der Waals surface area contributed by atoms with E-state index >= 15 is 0 Å². The van der Waals surface area contributed by atoms with E-state index in [0.29, 0.717) is 34.3 Å². The largest absolute Gasteiger partial charge is 0.465 e. The van der Waals surface area contributed by atoms with Crippen molar-refractivity contribution in [3.8, 4) is 0 Å². The van der Waals surface area contributed by atoms with Gasteiger partial charge in [-0.05, 0) is 75.4 Å². The summed E-state index contributed by atoms with van der Waals surface area (Å²) in [6.45, 7) is 10.0. The highest BCUT2D eigenvalue weighted by Crippen LogP contribution is 2.34. The van der Waals surface area contributed by atoms with Crippen LogP contribution in [0, 0.1) is 0 Å². The summed E-state index contributed by atoms with van der Waals surface area (Å²) in [6, 6.07) is 17.4. The summed E-state index contributed by atoms with van der Waals surface area (Å²) in [5.41, 5.74) is 2.12. The molecule has 0 aliphatic carbocycles.